The fourth-order valence-electron chi connectivity index (χ4n) is 3.09. The molecule has 28 heavy (non-hydrogen) atoms. The Kier molecular flexibility index (Phi) is 5.54. The van der Waals surface area contributed by atoms with Crippen LogP contribution in [-0.4, -0.2) is 47.8 Å². The molecule has 3 amide bonds. The zero-order chi connectivity index (χ0) is 20.3. The van der Waals surface area contributed by atoms with E-state index in [0.717, 1.165) is 4.90 Å². The molecule has 2 aromatic carbocycles. The normalized spacial score (nSPS) is 13.9. The number of hydrogen-bond donors (Lipinski definition) is 0. The fraction of sp³-hybridized carbons (Fsp3) is 0.238. The highest BCUT2D eigenvalue weighted by atomic mass is 16.5. The van der Waals surface area contributed by atoms with E-state index in [1.165, 1.54) is 24.0 Å². The Morgan fingerprint density at radius 1 is 0.964 bits per heavy atom. The zero-order valence-electron chi connectivity index (χ0n) is 15.6. The van der Waals surface area contributed by atoms with Crippen LogP contribution in [0.1, 0.15) is 34.6 Å². The van der Waals surface area contributed by atoms with Gasteiger partial charge in [0, 0.05) is 12.2 Å². The Hall–Kier alpha value is -3.48. The van der Waals surface area contributed by atoms with Crippen molar-refractivity contribution in [3.05, 3.63) is 65.7 Å². The Labute approximate surface area is 162 Å². The second kappa shape index (κ2) is 8.04. The van der Waals surface area contributed by atoms with Crippen molar-refractivity contribution < 1.29 is 23.9 Å². The lowest BCUT2D eigenvalue weighted by molar-refractivity contribution is -0.154. The molecule has 0 N–H and O–H groups in total. The summed E-state index contributed by atoms with van der Waals surface area (Å²) in [5, 5.41) is 0. The number of imide groups is 1. The molecule has 7 heteroatoms. The molecular weight excluding hydrogens is 360 g/mol. The van der Waals surface area contributed by atoms with Crippen LogP contribution in [0.2, 0.25) is 0 Å². The summed E-state index contributed by atoms with van der Waals surface area (Å²) in [4.78, 5) is 51.9. The van der Waals surface area contributed by atoms with Gasteiger partial charge in [0.1, 0.15) is 6.54 Å². The van der Waals surface area contributed by atoms with E-state index in [-0.39, 0.29) is 17.0 Å². The number of ether oxygens (including phenoxy) is 1. The van der Waals surface area contributed by atoms with Crippen LogP contribution in [0.25, 0.3) is 0 Å². The van der Waals surface area contributed by atoms with Crippen LogP contribution in [0.15, 0.2) is 54.6 Å². The Morgan fingerprint density at radius 2 is 1.50 bits per heavy atom. The molecule has 0 bridgehead atoms. The molecule has 2 aromatic rings. The highest BCUT2D eigenvalue weighted by Crippen LogP contribution is 2.22. The number of para-hydroxylation sites is 1. The summed E-state index contributed by atoms with van der Waals surface area (Å²) in [5.41, 5.74) is 1.20. The number of fused-ring (bicyclic) bond motifs is 1. The summed E-state index contributed by atoms with van der Waals surface area (Å²) in [7, 11) is 0. The lowest BCUT2D eigenvalue weighted by Gasteiger charge is -2.24. The van der Waals surface area contributed by atoms with Gasteiger partial charge in [0.05, 0.1) is 11.1 Å². The molecule has 3 rings (SSSR count). The minimum Gasteiger partial charge on any atom is -0.451 e. The third-order valence-electron chi connectivity index (χ3n) is 4.47. The monoisotopic (exact) mass is 380 g/mol. The van der Waals surface area contributed by atoms with E-state index in [2.05, 4.69) is 0 Å². The first-order valence-electron chi connectivity index (χ1n) is 8.95. The minimum absolute atomic E-state index is 0.255. The second-order valence-corrected chi connectivity index (χ2v) is 6.29. The number of carbonyl (C=O) groups excluding carboxylic acids is 4. The maximum absolute atomic E-state index is 12.7. The van der Waals surface area contributed by atoms with Gasteiger partial charge in [-0.15, -0.1) is 0 Å². The third kappa shape index (κ3) is 3.64. The highest BCUT2D eigenvalue weighted by molar-refractivity contribution is 6.22. The van der Waals surface area contributed by atoms with Crippen molar-refractivity contribution in [2.75, 3.05) is 18.0 Å². The van der Waals surface area contributed by atoms with Crippen molar-refractivity contribution in [3.63, 3.8) is 0 Å². The first kappa shape index (κ1) is 19.3. The maximum atomic E-state index is 12.7. The van der Waals surface area contributed by atoms with Crippen LogP contribution < -0.4 is 4.90 Å². The van der Waals surface area contributed by atoms with Gasteiger partial charge in [-0.25, -0.2) is 0 Å². The number of hydrogen-bond acceptors (Lipinski definition) is 5. The van der Waals surface area contributed by atoms with E-state index in [9.17, 15) is 19.2 Å². The SMILES string of the molecule is CCN(C(=O)[C@@H](C)OC(=O)CN1C(=O)c2ccccc2C1=O)c1ccccc1. The summed E-state index contributed by atoms with van der Waals surface area (Å²) in [5.74, 6) is -2.30. The van der Waals surface area contributed by atoms with Crippen LogP contribution in [0, 0.1) is 0 Å². The number of likely N-dealkylation sites (N-methyl/N-ethyl adjacent to an activating group) is 1. The van der Waals surface area contributed by atoms with Gasteiger partial charge in [-0.1, -0.05) is 30.3 Å². The topological polar surface area (TPSA) is 84.0 Å². The second-order valence-electron chi connectivity index (χ2n) is 6.29. The first-order valence-corrected chi connectivity index (χ1v) is 8.95. The highest BCUT2D eigenvalue weighted by Gasteiger charge is 2.37. The van der Waals surface area contributed by atoms with Gasteiger partial charge in [-0.3, -0.25) is 24.1 Å². The van der Waals surface area contributed by atoms with Gasteiger partial charge in [-0.05, 0) is 38.1 Å². The Balaban J connectivity index is 1.64. The van der Waals surface area contributed by atoms with Gasteiger partial charge in [0.15, 0.2) is 6.10 Å². The summed E-state index contributed by atoms with van der Waals surface area (Å²) in [6, 6.07) is 15.4. The first-order chi connectivity index (χ1) is 13.4. The van der Waals surface area contributed by atoms with Crippen molar-refractivity contribution in [1.82, 2.24) is 4.90 Å². The standard InChI is InChI=1S/C21H20N2O5/c1-3-22(15-9-5-4-6-10-15)19(25)14(2)28-18(24)13-23-20(26)16-11-7-8-12-17(16)21(23)27/h4-12,14H,3,13H2,1-2H3/t14-/m1/s1. The van der Waals surface area contributed by atoms with Crippen LogP contribution in [0.4, 0.5) is 5.69 Å². The molecule has 1 atom stereocenters. The van der Waals surface area contributed by atoms with Gasteiger partial charge < -0.3 is 9.64 Å². The summed E-state index contributed by atoms with van der Waals surface area (Å²) in [6.07, 6.45) is -1.05. The number of anilines is 1. The largest absolute Gasteiger partial charge is 0.451 e. The molecule has 0 saturated carbocycles. The molecule has 0 aliphatic carbocycles. The van der Waals surface area contributed by atoms with Crippen molar-refractivity contribution in [3.8, 4) is 0 Å². The van der Waals surface area contributed by atoms with E-state index in [4.69, 9.17) is 4.74 Å². The number of rotatable bonds is 6. The summed E-state index contributed by atoms with van der Waals surface area (Å²) in [6.45, 7) is 3.15. The number of amides is 3. The molecule has 1 aliphatic heterocycles. The van der Waals surface area contributed by atoms with E-state index >= 15 is 0 Å². The average Bonchev–Trinajstić information content (AvgIpc) is 2.94. The van der Waals surface area contributed by atoms with Crippen LogP contribution in [0.3, 0.4) is 0 Å². The molecular formula is C21H20N2O5. The smallest absolute Gasteiger partial charge is 0.326 e. The van der Waals surface area contributed by atoms with Gasteiger partial charge in [0.2, 0.25) is 0 Å². The molecule has 144 valence electrons. The molecule has 0 aromatic heterocycles. The predicted molar refractivity (Wildman–Crippen MR) is 102 cm³/mol. The predicted octanol–water partition coefficient (Wildman–Crippen LogP) is 2.27. The number of benzene rings is 2. The summed E-state index contributed by atoms with van der Waals surface area (Å²) >= 11 is 0. The molecule has 1 aliphatic rings. The lowest BCUT2D eigenvalue weighted by atomic mass is 10.1. The fourth-order valence-corrected chi connectivity index (χ4v) is 3.09. The van der Waals surface area contributed by atoms with Crippen LogP contribution >= 0.6 is 0 Å². The van der Waals surface area contributed by atoms with E-state index in [0.29, 0.717) is 12.2 Å². The number of carbonyl (C=O) groups is 4. The van der Waals surface area contributed by atoms with Crippen molar-refractivity contribution >= 4 is 29.4 Å². The number of nitrogens with zero attached hydrogens (tertiary/aromatic N) is 2. The molecule has 1 heterocycles. The quantitative estimate of drug-likeness (QED) is 0.567. The third-order valence-corrected chi connectivity index (χ3v) is 4.47. The average molecular weight is 380 g/mol. The molecule has 7 nitrogen and oxygen atoms in total. The van der Waals surface area contributed by atoms with Crippen LogP contribution in [0.5, 0.6) is 0 Å². The van der Waals surface area contributed by atoms with E-state index in [1.807, 2.05) is 25.1 Å². The van der Waals surface area contributed by atoms with Gasteiger partial charge in [0.25, 0.3) is 17.7 Å². The van der Waals surface area contributed by atoms with Crippen molar-refractivity contribution in [1.29, 1.82) is 0 Å². The summed E-state index contributed by atoms with van der Waals surface area (Å²) < 4.78 is 5.20. The Bertz CT molecular complexity index is 890. The van der Waals surface area contributed by atoms with E-state index in [1.54, 1.807) is 24.3 Å². The number of esters is 1. The molecule has 0 spiro atoms. The maximum Gasteiger partial charge on any atom is 0.326 e. The van der Waals surface area contributed by atoms with Gasteiger partial charge >= 0.3 is 5.97 Å². The molecule has 0 saturated heterocycles. The molecule has 0 unspecified atom stereocenters. The van der Waals surface area contributed by atoms with Crippen molar-refractivity contribution in [2.45, 2.75) is 20.0 Å². The van der Waals surface area contributed by atoms with E-state index < -0.39 is 30.4 Å². The van der Waals surface area contributed by atoms with Crippen molar-refractivity contribution in [2.24, 2.45) is 0 Å². The van der Waals surface area contributed by atoms with Crippen LogP contribution in [-0.2, 0) is 14.3 Å². The van der Waals surface area contributed by atoms with Gasteiger partial charge in [-0.2, -0.15) is 0 Å². The Morgan fingerprint density at radius 3 is 2.04 bits per heavy atom. The molecule has 0 fully saturated rings. The lowest BCUT2D eigenvalue weighted by Crippen LogP contribution is -2.42. The minimum atomic E-state index is -1.05. The zero-order valence-corrected chi connectivity index (χ0v) is 15.6. The molecule has 0 radical (unpaired) electrons.